The molecule has 0 amide bonds. The first-order valence-electron chi connectivity index (χ1n) is 5.67. The number of rotatable bonds is 2. The maximum Gasteiger partial charge on any atom is 0.322 e. The van der Waals surface area contributed by atoms with Crippen LogP contribution in [0.4, 0.5) is 0 Å². The third-order valence-corrected chi connectivity index (χ3v) is 2.73. The molecule has 0 saturated carbocycles. The fraction of sp³-hybridized carbons (Fsp3) is 0.833. The molecule has 1 fully saturated rings. The molecular formula is C12H20O5. The summed E-state index contributed by atoms with van der Waals surface area (Å²) in [5, 5.41) is 0. The smallest absolute Gasteiger partial charge is 0.322 e. The van der Waals surface area contributed by atoms with E-state index >= 15 is 0 Å². The molecule has 1 aliphatic heterocycles. The van der Waals surface area contributed by atoms with Crippen LogP contribution in [0.3, 0.4) is 0 Å². The molecule has 0 spiro atoms. The molecule has 1 atom stereocenters. The molecule has 0 aromatic rings. The van der Waals surface area contributed by atoms with Crippen molar-refractivity contribution >= 4 is 11.9 Å². The zero-order chi connectivity index (χ0) is 13.3. The monoisotopic (exact) mass is 244 g/mol. The second-order valence-electron chi connectivity index (χ2n) is 5.42. The fourth-order valence-corrected chi connectivity index (χ4v) is 2.25. The highest BCUT2D eigenvalue weighted by Gasteiger charge is 2.51. The standard InChI is InChI=1S/C12H20O5/c1-8(13)17-10(14)9(11(2,3)4)12(5)15-6-7-16-12/h9H,6-7H2,1-5H3. The second-order valence-corrected chi connectivity index (χ2v) is 5.42. The molecule has 0 bridgehead atoms. The van der Waals surface area contributed by atoms with E-state index < -0.39 is 29.1 Å². The van der Waals surface area contributed by atoms with Gasteiger partial charge in [-0.2, -0.15) is 0 Å². The Morgan fingerprint density at radius 3 is 2.06 bits per heavy atom. The van der Waals surface area contributed by atoms with Crippen LogP contribution in [0.2, 0.25) is 0 Å². The maximum absolute atomic E-state index is 12.0. The van der Waals surface area contributed by atoms with Gasteiger partial charge in [-0.05, 0) is 12.3 Å². The maximum atomic E-state index is 12.0. The van der Waals surface area contributed by atoms with Crippen LogP contribution in [0.15, 0.2) is 0 Å². The molecule has 0 aromatic carbocycles. The van der Waals surface area contributed by atoms with Crippen LogP contribution in [-0.2, 0) is 23.8 Å². The number of esters is 2. The first-order chi connectivity index (χ1) is 7.67. The van der Waals surface area contributed by atoms with Crippen LogP contribution < -0.4 is 0 Å². The van der Waals surface area contributed by atoms with E-state index in [4.69, 9.17) is 9.47 Å². The summed E-state index contributed by atoms with van der Waals surface area (Å²) in [6.07, 6.45) is 0. The Morgan fingerprint density at radius 1 is 1.24 bits per heavy atom. The van der Waals surface area contributed by atoms with Crippen molar-refractivity contribution < 1.29 is 23.8 Å². The molecule has 98 valence electrons. The van der Waals surface area contributed by atoms with Crippen LogP contribution in [0.1, 0.15) is 34.6 Å². The molecular weight excluding hydrogens is 224 g/mol. The summed E-state index contributed by atoms with van der Waals surface area (Å²) in [6.45, 7) is 9.44. The van der Waals surface area contributed by atoms with Gasteiger partial charge in [0.1, 0.15) is 5.92 Å². The lowest BCUT2D eigenvalue weighted by atomic mass is 9.76. The van der Waals surface area contributed by atoms with E-state index in [0.717, 1.165) is 0 Å². The van der Waals surface area contributed by atoms with Gasteiger partial charge < -0.3 is 14.2 Å². The molecule has 1 saturated heterocycles. The van der Waals surface area contributed by atoms with Gasteiger partial charge in [0.15, 0.2) is 5.79 Å². The van der Waals surface area contributed by atoms with Gasteiger partial charge >= 0.3 is 11.9 Å². The minimum absolute atomic E-state index is 0.425. The molecule has 17 heavy (non-hydrogen) atoms. The normalized spacial score (nSPS) is 21.0. The Labute approximate surface area is 101 Å². The Balaban J connectivity index is 2.96. The van der Waals surface area contributed by atoms with Gasteiger partial charge in [-0.25, -0.2) is 0 Å². The molecule has 0 N–H and O–H groups in total. The molecule has 0 aliphatic carbocycles. The van der Waals surface area contributed by atoms with Crippen molar-refractivity contribution in [3.8, 4) is 0 Å². The van der Waals surface area contributed by atoms with Gasteiger partial charge in [0.2, 0.25) is 0 Å². The summed E-state index contributed by atoms with van der Waals surface area (Å²) in [5.74, 6) is -2.90. The van der Waals surface area contributed by atoms with Crippen molar-refractivity contribution in [3.05, 3.63) is 0 Å². The quantitative estimate of drug-likeness (QED) is 0.544. The third kappa shape index (κ3) is 3.26. The molecule has 1 rings (SSSR count). The molecule has 1 heterocycles. The van der Waals surface area contributed by atoms with Gasteiger partial charge in [-0.3, -0.25) is 9.59 Å². The summed E-state index contributed by atoms with van der Waals surface area (Å²) in [4.78, 5) is 22.9. The molecule has 1 unspecified atom stereocenters. The lowest BCUT2D eigenvalue weighted by Gasteiger charge is -2.38. The van der Waals surface area contributed by atoms with Crippen molar-refractivity contribution in [3.63, 3.8) is 0 Å². The van der Waals surface area contributed by atoms with Crippen molar-refractivity contribution in [2.45, 2.75) is 40.4 Å². The summed E-state index contributed by atoms with van der Waals surface area (Å²) in [5.41, 5.74) is -0.425. The fourth-order valence-electron chi connectivity index (χ4n) is 2.25. The Morgan fingerprint density at radius 2 is 1.71 bits per heavy atom. The van der Waals surface area contributed by atoms with Crippen molar-refractivity contribution in [1.82, 2.24) is 0 Å². The van der Waals surface area contributed by atoms with Gasteiger partial charge in [0.05, 0.1) is 13.2 Å². The average Bonchev–Trinajstić information content (AvgIpc) is 2.47. The summed E-state index contributed by atoms with van der Waals surface area (Å²) in [6, 6.07) is 0. The molecule has 5 heteroatoms. The van der Waals surface area contributed by atoms with E-state index in [0.29, 0.717) is 13.2 Å². The number of carbonyl (C=O) groups excluding carboxylic acids is 2. The van der Waals surface area contributed by atoms with Gasteiger partial charge in [-0.15, -0.1) is 0 Å². The zero-order valence-electron chi connectivity index (χ0n) is 11.0. The van der Waals surface area contributed by atoms with Crippen LogP contribution in [0.5, 0.6) is 0 Å². The molecule has 1 aliphatic rings. The lowest BCUT2D eigenvalue weighted by Crippen LogP contribution is -2.48. The summed E-state index contributed by atoms with van der Waals surface area (Å²) >= 11 is 0. The largest absolute Gasteiger partial charge is 0.393 e. The summed E-state index contributed by atoms with van der Waals surface area (Å²) in [7, 11) is 0. The second kappa shape index (κ2) is 4.74. The van der Waals surface area contributed by atoms with Crippen molar-refractivity contribution in [2.75, 3.05) is 13.2 Å². The number of hydrogen-bond acceptors (Lipinski definition) is 5. The topological polar surface area (TPSA) is 61.8 Å². The zero-order valence-corrected chi connectivity index (χ0v) is 11.0. The summed E-state index contributed by atoms with van der Waals surface area (Å²) < 4.78 is 15.7. The number of carbonyl (C=O) groups is 2. The Kier molecular flexibility index (Phi) is 3.94. The molecule has 5 nitrogen and oxygen atoms in total. The van der Waals surface area contributed by atoms with E-state index in [2.05, 4.69) is 4.74 Å². The van der Waals surface area contributed by atoms with Gasteiger partial charge in [-0.1, -0.05) is 20.8 Å². The average molecular weight is 244 g/mol. The minimum atomic E-state index is -1.02. The van der Waals surface area contributed by atoms with Crippen LogP contribution in [0.25, 0.3) is 0 Å². The highest BCUT2D eigenvalue weighted by atomic mass is 16.7. The Hall–Kier alpha value is -0.940. The SMILES string of the molecule is CC(=O)OC(=O)C(C(C)(C)C)C1(C)OCCO1. The highest BCUT2D eigenvalue weighted by molar-refractivity contribution is 5.86. The minimum Gasteiger partial charge on any atom is -0.393 e. The van der Waals surface area contributed by atoms with E-state index in [-0.39, 0.29) is 0 Å². The van der Waals surface area contributed by atoms with Crippen molar-refractivity contribution in [1.29, 1.82) is 0 Å². The van der Waals surface area contributed by atoms with Crippen molar-refractivity contribution in [2.24, 2.45) is 11.3 Å². The van der Waals surface area contributed by atoms with E-state index in [1.54, 1.807) is 6.92 Å². The predicted octanol–water partition coefficient (Wildman–Crippen LogP) is 1.50. The van der Waals surface area contributed by atoms with Crippen LogP contribution in [0, 0.1) is 11.3 Å². The number of hydrogen-bond donors (Lipinski definition) is 0. The molecule has 0 aromatic heterocycles. The number of ether oxygens (including phenoxy) is 3. The van der Waals surface area contributed by atoms with E-state index in [9.17, 15) is 9.59 Å². The van der Waals surface area contributed by atoms with E-state index in [1.807, 2.05) is 20.8 Å². The highest BCUT2D eigenvalue weighted by Crippen LogP contribution is 2.40. The van der Waals surface area contributed by atoms with E-state index in [1.165, 1.54) is 6.92 Å². The first kappa shape index (κ1) is 14.1. The Bertz CT molecular complexity index is 309. The predicted molar refractivity (Wildman–Crippen MR) is 60.0 cm³/mol. The van der Waals surface area contributed by atoms with Gasteiger partial charge in [0.25, 0.3) is 0 Å². The van der Waals surface area contributed by atoms with Crippen LogP contribution >= 0.6 is 0 Å². The first-order valence-corrected chi connectivity index (χ1v) is 5.67. The van der Waals surface area contributed by atoms with Crippen LogP contribution in [-0.4, -0.2) is 30.9 Å². The van der Waals surface area contributed by atoms with Gasteiger partial charge in [0, 0.05) is 6.92 Å². The molecule has 0 radical (unpaired) electrons. The lowest BCUT2D eigenvalue weighted by molar-refractivity contribution is -0.217. The third-order valence-electron chi connectivity index (χ3n) is 2.73.